The second-order valence-corrected chi connectivity index (χ2v) is 5.32. The van der Waals surface area contributed by atoms with Gasteiger partial charge in [0.1, 0.15) is 0 Å². The van der Waals surface area contributed by atoms with Crippen LogP contribution in [-0.4, -0.2) is 5.91 Å². The molecule has 0 saturated heterocycles. The van der Waals surface area contributed by atoms with E-state index in [-0.39, 0.29) is 11.8 Å². The van der Waals surface area contributed by atoms with E-state index in [0.29, 0.717) is 0 Å². The van der Waals surface area contributed by atoms with Gasteiger partial charge in [-0.15, -0.1) is 0 Å². The minimum Gasteiger partial charge on any atom is -0.292 e. The van der Waals surface area contributed by atoms with Crippen LogP contribution in [0.5, 0.6) is 0 Å². The zero-order chi connectivity index (χ0) is 12.6. The Balaban J connectivity index is 2.09. The van der Waals surface area contributed by atoms with E-state index in [0.717, 1.165) is 32.1 Å². The van der Waals surface area contributed by atoms with Crippen molar-refractivity contribution in [2.24, 2.45) is 10.5 Å². The zero-order valence-electron chi connectivity index (χ0n) is 10.2. The highest BCUT2D eigenvalue weighted by atomic mass is 16.2. The molecule has 4 nitrogen and oxygen atoms in total. The monoisotopic (exact) mass is 241 g/mol. The first-order chi connectivity index (χ1) is 8.78. The Morgan fingerprint density at radius 1 is 1.39 bits per heavy atom. The van der Waals surface area contributed by atoms with Crippen LogP contribution >= 0.6 is 0 Å². The highest BCUT2D eigenvalue weighted by Crippen LogP contribution is 2.55. The van der Waals surface area contributed by atoms with Crippen molar-refractivity contribution in [3.63, 3.8) is 0 Å². The molecule has 1 saturated carbocycles. The first kappa shape index (κ1) is 11.3. The van der Waals surface area contributed by atoms with Gasteiger partial charge in [-0.3, -0.25) is 4.79 Å². The summed E-state index contributed by atoms with van der Waals surface area (Å²) in [6.45, 7) is 0. The minimum absolute atomic E-state index is 0.250. The van der Waals surface area contributed by atoms with Gasteiger partial charge in [0.2, 0.25) is 5.91 Å². The first-order valence-electron chi connectivity index (χ1n) is 6.45. The maximum atomic E-state index is 12.2. The van der Waals surface area contributed by atoms with Crippen LogP contribution in [0.2, 0.25) is 0 Å². The summed E-state index contributed by atoms with van der Waals surface area (Å²) in [7, 11) is 0. The van der Waals surface area contributed by atoms with E-state index in [4.69, 9.17) is 5.53 Å². The fourth-order valence-corrected chi connectivity index (χ4v) is 3.75. The largest absolute Gasteiger partial charge is 0.292 e. The van der Waals surface area contributed by atoms with Crippen molar-refractivity contribution < 1.29 is 4.79 Å². The topological polar surface area (TPSA) is 65.8 Å². The van der Waals surface area contributed by atoms with Crippen molar-refractivity contribution in [2.45, 2.75) is 38.0 Å². The van der Waals surface area contributed by atoms with Gasteiger partial charge in [0.25, 0.3) is 0 Å². The second kappa shape index (κ2) is 4.14. The Morgan fingerprint density at radius 3 is 3.06 bits per heavy atom. The summed E-state index contributed by atoms with van der Waals surface area (Å²) < 4.78 is 0. The third kappa shape index (κ3) is 1.46. The van der Waals surface area contributed by atoms with Crippen LogP contribution in [0.4, 0.5) is 0 Å². The lowest BCUT2D eigenvalue weighted by Crippen LogP contribution is -2.36. The third-order valence-corrected chi connectivity index (χ3v) is 4.53. The summed E-state index contributed by atoms with van der Waals surface area (Å²) in [4.78, 5) is 15.0. The molecular weight excluding hydrogens is 226 g/mol. The summed E-state index contributed by atoms with van der Waals surface area (Å²) in [5.74, 6) is -0.00801. The Hall–Kier alpha value is -1.80. The average molecular weight is 241 g/mol. The van der Waals surface area contributed by atoms with E-state index in [1.54, 1.807) is 0 Å². The number of carbonyl (C=O) groups is 1. The molecule has 0 unspecified atom stereocenters. The number of rotatable bonds is 1. The van der Waals surface area contributed by atoms with Crippen molar-refractivity contribution in [3.8, 4) is 0 Å². The summed E-state index contributed by atoms with van der Waals surface area (Å²) in [5, 5.41) is 3.41. The first-order valence-corrected chi connectivity index (χ1v) is 6.45. The molecule has 2 aliphatic rings. The number of nitrogens with zero attached hydrogens (tertiary/aromatic N) is 3. The van der Waals surface area contributed by atoms with Crippen molar-refractivity contribution in [1.29, 1.82) is 0 Å². The SMILES string of the molecule is [N-]=[N+]=NC(=O)[C@@]12CCCC[C@@H]1c1ccccc1C2. The Morgan fingerprint density at radius 2 is 2.22 bits per heavy atom. The van der Waals surface area contributed by atoms with Gasteiger partial charge in [-0.1, -0.05) is 37.1 Å². The van der Waals surface area contributed by atoms with Crippen molar-refractivity contribution >= 4 is 5.91 Å². The van der Waals surface area contributed by atoms with Gasteiger partial charge < -0.3 is 0 Å². The van der Waals surface area contributed by atoms with Crippen LogP contribution in [0.1, 0.15) is 42.7 Å². The quantitative estimate of drug-likeness (QED) is 0.419. The number of carbonyl (C=O) groups excluding carboxylic acids is 1. The number of azide groups is 1. The molecule has 2 aliphatic carbocycles. The average Bonchev–Trinajstić information content (AvgIpc) is 2.74. The molecule has 1 aromatic carbocycles. The zero-order valence-corrected chi connectivity index (χ0v) is 10.2. The van der Waals surface area contributed by atoms with E-state index in [2.05, 4.69) is 22.2 Å². The molecule has 1 fully saturated rings. The molecule has 0 aliphatic heterocycles. The lowest BCUT2D eigenvalue weighted by atomic mass is 9.66. The number of fused-ring (bicyclic) bond motifs is 3. The maximum absolute atomic E-state index is 12.2. The molecule has 92 valence electrons. The number of benzene rings is 1. The van der Waals surface area contributed by atoms with Crippen LogP contribution in [-0.2, 0) is 11.2 Å². The fourth-order valence-electron chi connectivity index (χ4n) is 3.75. The van der Waals surface area contributed by atoms with E-state index in [1.165, 1.54) is 11.1 Å². The molecule has 2 atom stereocenters. The molecular formula is C14H15N3O. The number of hydrogen-bond donors (Lipinski definition) is 0. The van der Waals surface area contributed by atoms with Crippen molar-refractivity contribution in [3.05, 3.63) is 45.8 Å². The molecule has 1 amide bonds. The molecule has 0 aromatic heterocycles. The Labute approximate surface area is 106 Å². The van der Waals surface area contributed by atoms with Gasteiger partial charge in [0, 0.05) is 10.3 Å². The highest BCUT2D eigenvalue weighted by molar-refractivity contribution is 5.86. The standard InChI is InChI=1S/C14H15N3O/c15-17-16-13(18)14-8-4-3-7-12(14)11-6-2-1-5-10(11)9-14/h1-2,5-6,12H,3-4,7-9H2/t12-,14-/m1/s1. The van der Waals surface area contributed by atoms with Crippen LogP contribution in [0.25, 0.3) is 10.4 Å². The van der Waals surface area contributed by atoms with Gasteiger partial charge in [0.05, 0.1) is 0 Å². The van der Waals surface area contributed by atoms with Crippen molar-refractivity contribution in [2.75, 3.05) is 0 Å². The smallest absolute Gasteiger partial charge is 0.226 e. The normalized spacial score (nSPS) is 29.0. The molecule has 0 N–H and O–H groups in total. The van der Waals surface area contributed by atoms with Gasteiger partial charge in [-0.25, -0.2) is 0 Å². The van der Waals surface area contributed by atoms with Gasteiger partial charge in [-0.2, -0.15) is 0 Å². The van der Waals surface area contributed by atoms with E-state index in [9.17, 15) is 4.79 Å². The van der Waals surface area contributed by atoms with E-state index >= 15 is 0 Å². The number of amides is 1. The minimum atomic E-state index is -0.450. The van der Waals surface area contributed by atoms with Gasteiger partial charge in [-0.05, 0) is 47.0 Å². The van der Waals surface area contributed by atoms with Gasteiger partial charge >= 0.3 is 0 Å². The molecule has 0 bridgehead atoms. The fraction of sp³-hybridized carbons (Fsp3) is 0.500. The predicted octanol–water partition coefficient (Wildman–Crippen LogP) is 3.72. The lowest BCUT2D eigenvalue weighted by molar-refractivity contribution is -0.130. The van der Waals surface area contributed by atoms with Crippen LogP contribution in [0, 0.1) is 5.41 Å². The molecule has 3 rings (SSSR count). The summed E-state index contributed by atoms with van der Waals surface area (Å²) >= 11 is 0. The van der Waals surface area contributed by atoms with Crippen molar-refractivity contribution in [1.82, 2.24) is 0 Å². The molecule has 0 spiro atoms. The third-order valence-electron chi connectivity index (χ3n) is 4.53. The Bertz CT molecular complexity index is 548. The Kier molecular flexibility index (Phi) is 2.60. The molecule has 4 heteroatoms. The highest BCUT2D eigenvalue weighted by Gasteiger charge is 2.51. The molecule has 0 heterocycles. The predicted molar refractivity (Wildman–Crippen MR) is 67.9 cm³/mol. The summed E-state index contributed by atoms with van der Waals surface area (Å²) in [6, 6.07) is 8.26. The van der Waals surface area contributed by atoms with Gasteiger partial charge in [0.15, 0.2) is 0 Å². The lowest BCUT2D eigenvalue weighted by Gasteiger charge is -2.37. The molecule has 1 aromatic rings. The number of hydrogen-bond acceptors (Lipinski definition) is 1. The van der Waals surface area contributed by atoms with E-state index < -0.39 is 5.41 Å². The van der Waals surface area contributed by atoms with Crippen LogP contribution < -0.4 is 0 Å². The molecule has 18 heavy (non-hydrogen) atoms. The van der Waals surface area contributed by atoms with Crippen LogP contribution in [0.3, 0.4) is 0 Å². The second-order valence-electron chi connectivity index (χ2n) is 5.32. The van der Waals surface area contributed by atoms with E-state index in [1.807, 2.05) is 12.1 Å². The summed E-state index contributed by atoms with van der Waals surface area (Å²) in [5.41, 5.74) is 10.6. The molecule has 0 radical (unpaired) electrons. The van der Waals surface area contributed by atoms with Crippen LogP contribution in [0.15, 0.2) is 29.4 Å². The maximum Gasteiger partial charge on any atom is 0.226 e. The summed E-state index contributed by atoms with van der Waals surface area (Å²) in [6.07, 6.45) is 4.83.